The van der Waals surface area contributed by atoms with E-state index in [1.165, 1.54) is 36.8 Å². The monoisotopic (exact) mass is 306 g/mol. The van der Waals surface area contributed by atoms with Crippen molar-refractivity contribution in [2.24, 2.45) is 0 Å². The highest BCUT2D eigenvalue weighted by atomic mass is 35.5. The van der Waals surface area contributed by atoms with Gasteiger partial charge < -0.3 is 10.1 Å². The molecule has 1 N–H and O–H groups in total. The van der Waals surface area contributed by atoms with Crippen molar-refractivity contribution in [1.82, 2.24) is 10.2 Å². The summed E-state index contributed by atoms with van der Waals surface area (Å²) in [6, 6.07) is 4.17. The average molecular weight is 307 g/mol. The molecule has 4 heteroatoms. The van der Waals surface area contributed by atoms with Gasteiger partial charge in [-0.15, -0.1) is 0 Å². The van der Waals surface area contributed by atoms with Gasteiger partial charge in [0, 0.05) is 48.7 Å². The summed E-state index contributed by atoms with van der Waals surface area (Å²) in [6.07, 6.45) is 6.37. The molecule has 114 valence electrons. The number of benzene rings is 1. The van der Waals surface area contributed by atoms with Crippen LogP contribution >= 0.6 is 11.6 Å². The molecule has 0 amide bonds. The van der Waals surface area contributed by atoms with Crippen molar-refractivity contribution < 1.29 is 4.74 Å². The first kappa shape index (κ1) is 13.9. The summed E-state index contributed by atoms with van der Waals surface area (Å²) in [6.45, 7) is 5.13. The normalized spacial score (nSPS) is 24.2. The van der Waals surface area contributed by atoms with Gasteiger partial charge in [-0.25, -0.2) is 0 Å². The van der Waals surface area contributed by atoms with E-state index in [9.17, 15) is 0 Å². The SMILES string of the molecule is Clc1cc2c(c(CN3CCNCC34CCCC4)c1)OCC2. The lowest BCUT2D eigenvalue weighted by Crippen LogP contribution is -2.59. The molecule has 2 heterocycles. The number of piperazine rings is 1. The van der Waals surface area contributed by atoms with Crippen LogP contribution in [0, 0.1) is 0 Å². The van der Waals surface area contributed by atoms with Gasteiger partial charge in [-0.05, 0) is 30.5 Å². The number of nitrogens with zero attached hydrogens (tertiary/aromatic N) is 1. The van der Waals surface area contributed by atoms with Gasteiger partial charge in [-0.1, -0.05) is 24.4 Å². The lowest BCUT2D eigenvalue weighted by molar-refractivity contribution is 0.0565. The van der Waals surface area contributed by atoms with Crippen molar-refractivity contribution >= 4 is 11.6 Å². The van der Waals surface area contributed by atoms with Gasteiger partial charge in [0.1, 0.15) is 5.75 Å². The Kier molecular flexibility index (Phi) is 3.60. The zero-order valence-corrected chi connectivity index (χ0v) is 13.2. The Labute approximate surface area is 131 Å². The maximum atomic E-state index is 6.31. The standard InChI is InChI=1S/C17H23ClN2O/c18-15-9-13-3-8-21-16(13)14(10-15)11-20-7-6-19-12-17(20)4-1-2-5-17/h9-10,19H,1-8,11-12H2. The van der Waals surface area contributed by atoms with E-state index in [1.54, 1.807) is 0 Å². The molecule has 21 heavy (non-hydrogen) atoms. The zero-order valence-electron chi connectivity index (χ0n) is 12.5. The fraction of sp³-hybridized carbons (Fsp3) is 0.647. The van der Waals surface area contributed by atoms with Crippen LogP contribution in [0.5, 0.6) is 5.75 Å². The number of rotatable bonds is 2. The largest absolute Gasteiger partial charge is 0.493 e. The van der Waals surface area contributed by atoms with Crippen molar-refractivity contribution in [3.8, 4) is 5.75 Å². The van der Waals surface area contributed by atoms with Gasteiger partial charge in [0.25, 0.3) is 0 Å². The molecule has 0 bridgehead atoms. The van der Waals surface area contributed by atoms with Crippen LogP contribution in [0.4, 0.5) is 0 Å². The topological polar surface area (TPSA) is 24.5 Å². The van der Waals surface area contributed by atoms with Crippen molar-refractivity contribution in [2.45, 2.75) is 44.2 Å². The summed E-state index contributed by atoms with van der Waals surface area (Å²) in [7, 11) is 0. The van der Waals surface area contributed by atoms with Gasteiger partial charge in [0.15, 0.2) is 0 Å². The predicted molar refractivity (Wildman–Crippen MR) is 85.1 cm³/mol. The van der Waals surface area contributed by atoms with Gasteiger partial charge in [0.2, 0.25) is 0 Å². The summed E-state index contributed by atoms with van der Waals surface area (Å²) >= 11 is 6.31. The van der Waals surface area contributed by atoms with Crippen LogP contribution in [0.25, 0.3) is 0 Å². The molecule has 1 aromatic carbocycles. The second-order valence-corrected chi connectivity index (χ2v) is 7.12. The highest BCUT2D eigenvalue weighted by Crippen LogP contribution is 2.39. The molecule has 2 fully saturated rings. The van der Waals surface area contributed by atoms with E-state index < -0.39 is 0 Å². The molecule has 1 aliphatic carbocycles. The molecule has 0 aromatic heterocycles. The number of hydrogen-bond donors (Lipinski definition) is 1. The lowest BCUT2D eigenvalue weighted by Gasteiger charge is -2.45. The summed E-state index contributed by atoms with van der Waals surface area (Å²) in [5.74, 6) is 1.10. The molecule has 1 saturated heterocycles. The van der Waals surface area contributed by atoms with Crippen LogP contribution in [0.15, 0.2) is 12.1 Å². The number of nitrogens with one attached hydrogen (secondary N) is 1. The molecule has 1 saturated carbocycles. The third-order valence-corrected chi connectivity index (χ3v) is 5.62. The van der Waals surface area contributed by atoms with Crippen molar-refractivity contribution in [3.63, 3.8) is 0 Å². The van der Waals surface area contributed by atoms with Crippen LogP contribution in [-0.2, 0) is 13.0 Å². The first-order chi connectivity index (χ1) is 10.3. The summed E-state index contributed by atoms with van der Waals surface area (Å²) in [5, 5.41) is 4.45. The molecule has 3 nitrogen and oxygen atoms in total. The molecular formula is C17H23ClN2O. The fourth-order valence-corrected chi connectivity index (χ4v) is 4.59. The van der Waals surface area contributed by atoms with Crippen LogP contribution in [0.1, 0.15) is 36.8 Å². The molecule has 1 aromatic rings. The molecular weight excluding hydrogens is 284 g/mol. The predicted octanol–water partition coefficient (Wildman–Crippen LogP) is 2.99. The van der Waals surface area contributed by atoms with E-state index in [2.05, 4.69) is 22.3 Å². The smallest absolute Gasteiger partial charge is 0.127 e. The Hall–Kier alpha value is -0.770. The first-order valence-corrected chi connectivity index (χ1v) is 8.55. The third-order valence-electron chi connectivity index (χ3n) is 5.40. The van der Waals surface area contributed by atoms with Gasteiger partial charge >= 0.3 is 0 Å². The van der Waals surface area contributed by atoms with E-state index in [0.717, 1.165) is 50.0 Å². The average Bonchev–Trinajstić information content (AvgIpc) is 3.11. The molecule has 0 atom stereocenters. The molecule has 0 unspecified atom stereocenters. The quantitative estimate of drug-likeness (QED) is 0.909. The first-order valence-electron chi connectivity index (χ1n) is 8.17. The van der Waals surface area contributed by atoms with Crippen LogP contribution in [0.3, 0.4) is 0 Å². The van der Waals surface area contributed by atoms with E-state index >= 15 is 0 Å². The summed E-state index contributed by atoms with van der Waals surface area (Å²) in [4.78, 5) is 2.68. The highest BCUT2D eigenvalue weighted by molar-refractivity contribution is 6.30. The Bertz CT molecular complexity index is 540. The highest BCUT2D eigenvalue weighted by Gasteiger charge is 2.41. The minimum Gasteiger partial charge on any atom is -0.493 e. The van der Waals surface area contributed by atoms with Crippen LogP contribution in [0.2, 0.25) is 5.02 Å². The van der Waals surface area contributed by atoms with E-state index in [0.29, 0.717) is 5.54 Å². The summed E-state index contributed by atoms with van der Waals surface area (Å²) < 4.78 is 5.88. The Morgan fingerprint density at radius 3 is 3.00 bits per heavy atom. The number of fused-ring (bicyclic) bond motifs is 1. The maximum absolute atomic E-state index is 6.31. The van der Waals surface area contributed by atoms with Gasteiger partial charge in [-0.2, -0.15) is 0 Å². The Morgan fingerprint density at radius 1 is 1.29 bits per heavy atom. The molecule has 2 aliphatic heterocycles. The maximum Gasteiger partial charge on any atom is 0.127 e. The second kappa shape index (κ2) is 5.45. The Balaban J connectivity index is 1.63. The Morgan fingerprint density at radius 2 is 2.14 bits per heavy atom. The number of hydrogen-bond acceptors (Lipinski definition) is 3. The minimum absolute atomic E-state index is 0.367. The van der Waals surface area contributed by atoms with Crippen LogP contribution < -0.4 is 10.1 Å². The van der Waals surface area contributed by atoms with E-state index in [4.69, 9.17) is 16.3 Å². The van der Waals surface area contributed by atoms with Gasteiger partial charge in [0.05, 0.1) is 6.61 Å². The molecule has 4 rings (SSSR count). The van der Waals surface area contributed by atoms with Crippen molar-refractivity contribution in [2.75, 3.05) is 26.2 Å². The van der Waals surface area contributed by atoms with E-state index in [1.807, 2.05) is 0 Å². The van der Waals surface area contributed by atoms with Gasteiger partial charge in [-0.3, -0.25) is 4.90 Å². The lowest BCUT2D eigenvalue weighted by atomic mass is 9.92. The molecule has 0 radical (unpaired) electrons. The summed E-state index contributed by atoms with van der Waals surface area (Å²) in [5.41, 5.74) is 2.93. The van der Waals surface area contributed by atoms with Crippen molar-refractivity contribution in [1.29, 1.82) is 0 Å². The molecule has 1 spiro atoms. The second-order valence-electron chi connectivity index (χ2n) is 6.68. The zero-order chi connectivity index (χ0) is 14.3. The fourth-order valence-electron chi connectivity index (χ4n) is 4.33. The number of halogens is 1. The van der Waals surface area contributed by atoms with Crippen molar-refractivity contribution in [3.05, 3.63) is 28.3 Å². The van der Waals surface area contributed by atoms with Crippen LogP contribution in [-0.4, -0.2) is 36.7 Å². The number of ether oxygens (including phenoxy) is 1. The molecule has 3 aliphatic rings. The van der Waals surface area contributed by atoms with E-state index in [-0.39, 0.29) is 0 Å². The third kappa shape index (κ3) is 2.45. The minimum atomic E-state index is 0.367.